The first kappa shape index (κ1) is 16.8. The third-order valence-corrected chi connectivity index (χ3v) is 4.57. The van der Waals surface area contributed by atoms with Gasteiger partial charge < -0.3 is 15.1 Å². The molecule has 1 heterocycles. The van der Waals surface area contributed by atoms with Crippen molar-refractivity contribution in [1.29, 1.82) is 5.26 Å². The summed E-state index contributed by atoms with van der Waals surface area (Å²) in [6.07, 6.45) is 0. The Balaban J connectivity index is 1.53. The largest absolute Gasteiger partial charge is 0.368 e. The molecule has 1 aliphatic rings. The first-order valence-corrected chi connectivity index (χ1v) is 8.53. The van der Waals surface area contributed by atoms with Gasteiger partial charge in [0.1, 0.15) is 0 Å². The Kier molecular flexibility index (Phi) is 5.20. The van der Waals surface area contributed by atoms with Crippen molar-refractivity contribution >= 4 is 11.7 Å². The number of hydrogen-bond acceptors (Lipinski definition) is 3. The molecule has 0 aliphatic carbocycles. The van der Waals surface area contributed by atoms with Gasteiger partial charge in [-0.15, -0.1) is 0 Å². The number of rotatable bonds is 3. The molecule has 1 fully saturated rings. The number of piperazine rings is 1. The van der Waals surface area contributed by atoms with E-state index in [0.717, 1.165) is 24.3 Å². The van der Waals surface area contributed by atoms with Gasteiger partial charge in [-0.3, -0.25) is 0 Å². The second kappa shape index (κ2) is 7.71. The summed E-state index contributed by atoms with van der Waals surface area (Å²) in [6, 6.07) is 19.7. The molecule has 0 radical (unpaired) electrons. The van der Waals surface area contributed by atoms with E-state index < -0.39 is 0 Å². The lowest BCUT2D eigenvalue weighted by Crippen LogP contribution is -2.52. The van der Waals surface area contributed by atoms with Crippen LogP contribution in [0.1, 0.15) is 24.1 Å². The Morgan fingerprint density at radius 1 is 1.04 bits per heavy atom. The van der Waals surface area contributed by atoms with Gasteiger partial charge >= 0.3 is 6.03 Å². The quantitative estimate of drug-likeness (QED) is 0.938. The van der Waals surface area contributed by atoms with Crippen LogP contribution in [0.15, 0.2) is 54.6 Å². The Morgan fingerprint density at radius 2 is 1.68 bits per heavy atom. The number of hydrogen-bond donors (Lipinski definition) is 1. The summed E-state index contributed by atoms with van der Waals surface area (Å²) in [5, 5.41) is 11.9. The number of anilines is 1. The maximum Gasteiger partial charge on any atom is 0.317 e. The Labute approximate surface area is 148 Å². The molecule has 1 saturated heterocycles. The molecule has 5 heteroatoms. The van der Waals surface area contributed by atoms with Crippen LogP contribution in [0.5, 0.6) is 0 Å². The number of carbonyl (C=O) groups is 1. The van der Waals surface area contributed by atoms with Crippen LogP contribution >= 0.6 is 0 Å². The first-order valence-electron chi connectivity index (χ1n) is 8.53. The van der Waals surface area contributed by atoms with E-state index in [0.29, 0.717) is 18.7 Å². The molecule has 0 saturated carbocycles. The van der Waals surface area contributed by atoms with Crippen molar-refractivity contribution in [2.45, 2.75) is 13.0 Å². The van der Waals surface area contributed by atoms with Crippen molar-refractivity contribution in [2.75, 3.05) is 31.1 Å². The molecule has 1 N–H and O–H groups in total. The Hall–Kier alpha value is -3.00. The molecule has 2 amide bonds. The number of nitrogens with zero attached hydrogens (tertiary/aromatic N) is 3. The zero-order valence-corrected chi connectivity index (χ0v) is 14.4. The zero-order chi connectivity index (χ0) is 17.6. The molecule has 1 atom stereocenters. The SMILES string of the molecule is CC(NC(=O)N1CCN(c2ccc(C#N)cc2)CC1)c1ccccc1. The van der Waals surface area contributed by atoms with Gasteiger partial charge in [-0.1, -0.05) is 30.3 Å². The molecule has 0 aromatic heterocycles. The van der Waals surface area contributed by atoms with Gasteiger partial charge in [0.05, 0.1) is 17.7 Å². The number of urea groups is 1. The van der Waals surface area contributed by atoms with Crippen molar-refractivity contribution in [2.24, 2.45) is 0 Å². The molecular formula is C20H22N4O. The second-order valence-corrected chi connectivity index (χ2v) is 6.21. The minimum atomic E-state index is -0.0177. The van der Waals surface area contributed by atoms with E-state index in [1.807, 2.05) is 66.4 Å². The van der Waals surface area contributed by atoms with Crippen LogP contribution in [0, 0.1) is 11.3 Å². The highest BCUT2D eigenvalue weighted by atomic mass is 16.2. The van der Waals surface area contributed by atoms with E-state index in [9.17, 15) is 4.79 Å². The van der Waals surface area contributed by atoms with Crippen LogP contribution in [0.2, 0.25) is 0 Å². The highest BCUT2D eigenvalue weighted by molar-refractivity contribution is 5.75. The van der Waals surface area contributed by atoms with Gasteiger partial charge in [0.2, 0.25) is 0 Å². The van der Waals surface area contributed by atoms with Crippen LogP contribution in [-0.4, -0.2) is 37.1 Å². The van der Waals surface area contributed by atoms with E-state index in [1.165, 1.54) is 0 Å². The molecule has 1 aliphatic heterocycles. The van der Waals surface area contributed by atoms with E-state index in [1.54, 1.807) is 0 Å². The molecule has 3 rings (SSSR count). The highest BCUT2D eigenvalue weighted by Gasteiger charge is 2.22. The standard InChI is InChI=1S/C20H22N4O/c1-16(18-5-3-2-4-6-18)22-20(25)24-13-11-23(12-14-24)19-9-7-17(15-21)8-10-19/h2-10,16H,11-14H2,1H3,(H,22,25). The van der Waals surface area contributed by atoms with Crippen LogP contribution in [0.25, 0.3) is 0 Å². The minimum Gasteiger partial charge on any atom is -0.368 e. The number of carbonyl (C=O) groups excluding carboxylic acids is 1. The second-order valence-electron chi connectivity index (χ2n) is 6.21. The third kappa shape index (κ3) is 4.10. The number of amides is 2. The number of nitriles is 1. The molecule has 0 bridgehead atoms. The summed E-state index contributed by atoms with van der Waals surface area (Å²) in [5.74, 6) is 0. The summed E-state index contributed by atoms with van der Waals surface area (Å²) in [6.45, 7) is 4.96. The fourth-order valence-corrected chi connectivity index (χ4v) is 3.02. The third-order valence-electron chi connectivity index (χ3n) is 4.57. The lowest BCUT2D eigenvalue weighted by molar-refractivity contribution is 0.191. The molecular weight excluding hydrogens is 312 g/mol. The first-order chi connectivity index (χ1) is 12.2. The lowest BCUT2D eigenvalue weighted by Gasteiger charge is -2.36. The number of nitrogens with one attached hydrogen (secondary N) is 1. The van der Waals surface area contributed by atoms with Gasteiger partial charge in [-0.05, 0) is 36.8 Å². The Bertz CT molecular complexity index is 744. The summed E-state index contributed by atoms with van der Waals surface area (Å²) >= 11 is 0. The van der Waals surface area contributed by atoms with Crippen molar-refractivity contribution in [1.82, 2.24) is 10.2 Å². The van der Waals surface area contributed by atoms with E-state index in [4.69, 9.17) is 5.26 Å². The van der Waals surface area contributed by atoms with Gasteiger partial charge in [-0.25, -0.2) is 4.79 Å². The monoisotopic (exact) mass is 334 g/mol. The van der Waals surface area contributed by atoms with Crippen molar-refractivity contribution < 1.29 is 4.79 Å². The fourth-order valence-electron chi connectivity index (χ4n) is 3.02. The average molecular weight is 334 g/mol. The molecule has 0 spiro atoms. The summed E-state index contributed by atoms with van der Waals surface area (Å²) in [4.78, 5) is 16.6. The topological polar surface area (TPSA) is 59.4 Å². The van der Waals surface area contributed by atoms with Crippen LogP contribution < -0.4 is 10.2 Å². The van der Waals surface area contributed by atoms with Gasteiger partial charge in [0, 0.05) is 31.9 Å². The van der Waals surface area contributed by atoms with Crippen molar-refractivity contribution in [3.05, 3.63) is 65.7 Å². The molecule has 2 aromatic carbocycles. The number of benzene rings is 2. The fraction of sp³-hybridized carbons (Fsp3) is 0.300. The molecule has 2 aromatic rings. The summed E-state index contributed by atoms with van der Waals surface area (Å²) in [5.41, 5.74) is 2.86. The Morgan fingerprint density at radius 3 is 2.28 bits per heavy atom. The lowest BCUT2D eigenvalue weighted by atomic mass is 10.1. The molecule has 5 nitrogen and oxygen atoms in total. The van der Waals surface area contributed by atoms with Gasteiger partial charge in [-0.2, -0.15) is 5.26 Å². The maximum atomic E-state index is 12.5. The predicted molar refractivity (Wildman–Crippen MR) is 98.3 cm³/mol. The van der Waals surface area contributed by atoms with E-state index in [2.05, 4.69) is 16.3 Å². The zero-order valence-electron chi connectivity index (χ0n) is 14.4. The van der Waals surface area contributed by atoms with Gasteiger partial charge in [0.15, 0.2) is 0 Å². The smallest absolute Gasteiger partial charge is 0.317 e. The normalized spacial score (nSPS) is 15.4. The minimum absolute atomic E-state index is 0.00902. The van der Waals surface area contributed by atoms with Crippen LogP contribution in [0.4, 0.5) is 10.5 Å². The summed E-state index contributed by atoms with van der Waals surface area (Å²) in [7, 11) is 0. The summed E-state index contributed by atoms with van der Waals surface area (Å²) < 4.78 is 0. The van der Waals surface area contributed by atoms with Gasteiger partial charge in [0.25, 0.3) is 0 Å². The van der Waals surface area contributed by atoms with Crippen molar-refractivity contribution in [3.63, 3.8) is 0 Å². The molecule has 128 valence electrons. The van der Waals surface area contributed by atoms with Crippen LogP contribution in [0.3, 0.4) is 0 Å². The van der Waals surface area contributed by atoms with Crippen molar-refractivity contribution in [3.8, 4) is 6.07 Å². The molecule has 25 heavy (non-hydrogen) atoms. The van der Waals surface area contributed by atoms with E-state index in [-0.39, 0.29) is 12.1 Å². The predicted octanol–water partition coefficient (Wildman–Crippen LogP) is 3.15. The average Bonchev–Trinajstić information content (AvgIpc) is 2.69. The van der Waals surface area contributed by atoms with Crippen LogP contribution in [-0.2, 0) is 0 Å². The van der Waals surface area contributed by atoms with E-state index >= 15 is 0 Å². The molecule has 1 unspecified atom stereocenters. The maximum absolute atomic E-state index is 12.5. The highest BCUT2D eigenvalue weighted by Crippen LogP contribution is 2.18.